The third kappa shape index (κ3) is 10.6. The van der Waals surface area contributed by atoms with Crippen LogP contribution in [0.5, 0.6) is 0 Å². The van der Waals surface area contributed by atoms with Gasteiger partial charge in [0.15, 0.2) is 0 Å². The summed E-state index contributed by atoms with van der Waals surface area (Å²) >= 11 is 0. The smallest absolute Gasteiger partial charge is 0.329 e. The van der Waals surface area contributed by atoms with Gasteiger partial charge in [0.1, 0.15) is 6.04 Å². The Morgan fingerprint density at radius 3 is 1.79 bits per heavy atom. The number of nitrogens with zero attached hydrogens (tertiary/aromatic N) is 1. The van der Waals surface area contributed by atoms with E-state index in [1.165, 1.54) is 12.2 Å². The molecule has 1 unspecified atom stereocenters. The number of aliphatic carboxylic acids is 1. The van der Waals surface area contributed by atoms with Crippen LogP contribution in [-0.2, 0) is 23.9 Å². The van der Waals surface area contributed by atoms with Gasteiger partial charge in [-0.2, -0.15) is 0 Å². The topological polar surface area (TPSA) is 101 Å². The van der Waals surface area contributed by atoms with Crippen LogP contribution in [0.3, 0.4) is 0 Å². The summed E-state index contributed by atoms with van der Waals surface area (Å²) in [6.07, 6.45) is 10.5. The van der Waals surface area contributed by atoms with Crippen molar-refractivity contribution >= 4 is 23.8 Å². The van der Waals surface area contributed by atoms with Gasteiger partial charge in [-0.3, -0.25) is 19.3 Å². The van der Waals surface area contributed by atoms with Crippen molar-refractivity contribution < 1.29 is 29.0 Å². The van der Waals surface area contributed by atoms with Crippen LogP contribution in [0.15, 0.2) is 24.3 Å². The Hall–Kier alpha value is -2.44. The molecule has 0 saturated carbocycles. The standard InChI is InChI=1S/C21H33NO6/c1-4-7-9-11-13-18(23)22(19(24)14-12-10-8-5-2)17(16-20(25)26)21(27)28-15-6-3/h11-14,17H,4-10,15-16H2,1-3H3,(H,25,26)/b13-11+,14-12+. The van der Waals surface area contributed by atoms with Crippen LogP contribution >= 0.6 is 0 Å². The number of ether oxygens (including phenoxy) is 1. The van der Waals surface area contributed by atoms with Gasteiger partial charge in [-0.25, -0.2) is 4.79 Å². The Labute approximate surface area is 167 Å². The zero-order chi connectivity index (χ0) is 21.4. The average molecular weight is 395 g/mol. The fraction of sp³-hybridized carbons (Fsp3) is 0.619. The molecule has 2 amide bonds. The summed E-state index contributed by atoms with van der Waals surface area (Å²) in [6, 6.07) is -1.50. The van der Waals surface area contributed by atoms with Crippen molar-refractivity contribution in [1.29, 1.82) is 0 Å². The Kier molecular flexibility index (Phi) is 14.2. The zero-order valence-corrected chi connectivity index (χ0v) is 17.2. The van der Waals surface area contributed by atoms with Crippen molar-refractivity contribution in [3.8, 4) is 0 Å². The first-order valence-electron chi connectivity index (χ1n) is 9.97. The number of hydrogen-bond donors (Lipinski definition) is 1. The molecule has 0 aromatic rings. The Morgan fingerprint density at radius 2 is 1.39 bits per heavy atom. The molecule has 7 nitrogen and oxygen atoms in total. The van der Waals surface area contributed by atoms with Gasteiger partial charge < -0.3 is 9.84 Å². The highest BCUT2D eigenvalue weighted by Gasteiger charge is 2.35. The van der Waals surface area contributed by atoms with E-state index in [4.69, 9.17) is 9.84 Å². The molecule has 0 aromatic carbocycles. The van der Waals surface area contributed by atoms with Crippen LogP contribution in [0.25, 0.3) is 0 Å². The number of rotatable bonds is 14. The van der Waals surface area contributed by atoms with Gasteiger partial charge in [0.25, 0.3) is 11.8 Å². The minimum absolute atomic E-state index is 0.0872. The largest absolute Gasteiger partial charge is 0.481 e. The van der Waals surface area contributed by atoms with Crippen LogP contribution < -0.4 is 0 Å². The van der Waals surface area contributed by atoms with Crippen molar-refractivity contribution in [2.45, 2.75) is 78.2 Å². The highest BCUT2D eigenvalue weighted by Crippen LogP contribution is 2.12. The first-order valence-corrected chi connectivity index (χ1v) is 9.97. The summed E-state index contributed by atoms with van der Waals surface area (Å²) in [4.78, 5) is 49.5. The third-order valence-electron chi connectivity index (χ3n) is 3.84. The van der Waals surface area contributed by atoms with Crippen LogP contribution in [0.2, 0.25) is 0 Å². The summed E-state index contributed by atoms with van der Waals surface area (Å²) in [6.45, 7) is 5.91. The van der Waals surface area contributed by atoms with E-state index in [2.05, 4.69) is 0 Å². The SMILES string of the molecule is CCCC/C=C/C(=O)N(C(=O)/C=C/CCCC)C(CC(=O)O)C(=O)OCCC. The second-order valence-corrected chi connectivity index (χ2v) is 6.42. The molecule has 7 heteroatoms. The highest BCUT2D eigenvalue weighted by molar-refractivity contribution is 6.08. The molecule has 0 aliphatic carbocycles. The Bertz CT molecular complexity index is 537. The molecular weight excluding hydrogens is 362 g/mol. The maximum absolute atomic E-state index is 12.6. The molecule has 0 fully saturated rings. The number of hydrogen-bond acceptors (Lipinski definition) is 5. The normalized spacial score (nSPS) is 12.2. The monoisotopic (exact) mass is 395 g/mol. The van der Waals surface area contributed by atoms with Crippen molar-refractivity contribution in [3.05, 3.63) is 24.3 Å². The minimum Gasteiger partial charge on any atom is -0.481 e. The van der Waals surface area contributed by atoms with E-state index >= 15 is 0 Å². The van der Waals surface area contributed by atoms with E-state index in [0.717, 1.165) is 25.7 Å². The zero-order valence-electron chi connectivity index (χ0n) is 17.2. The van der Waals surface area contributed by atoms with Gasteiger partial charge in [-0.1, -0.05) is 58.6 Å². The molecule has 0 aliphatic heterocycles. The number of carbonyl (C=O) groups is 4. The molecule has 0 aromatic heterocycles. The quantitative estimate of drug-likeness (QED) is 0.274. The number of carboxylic acid groups (broad SMARTS) is 1. The predicted octanol–water partition coefficient (Wildman–Crippen LogP) is 3.63. The maximum Gasteiger partial charge on any atom is 0.329 e. The lowest BCUT2D eigenvalue weighted by molar-refractivity contribution is -0.161. The van der Waals surface area contributed by atoms with Crippen LogP contribution in [0.1, 0.15) is 72.1 Å². The van der Waals surface area contributed by atoms with Crippen molar-refractivity contribution in [2.75, 3.05) is 6.61 Å². The van der Waals surface area contributed by atoms with Crippen LogP contribution in [0, 0.1) is 0 Å². The number of esters is 1. The second-order valence-electron chi connectivity index (χ2n) is 6.42. The average Bonchev–Trinajstić information content (AvgIpc) is 2.65. The fourth-order valence-electron chi connectivity index (χ4n) is 2.33. The van der Waals surface area contributed by atoms with E-state index in [-0.39, 0.29) is 6.61 Å². The summed E-state index contributed by atoms with van der Waals surface area (Å²) < 4.78 is 5.03. The molecule has 0 rings (SSSR count). The van der Waals surface area contributed by atoms with Gasteiger partial charge >= 0.3 is 11.9 Å². The van der Waals surface area contributed by atoms with E-state index in [9.17, 15) is 19.2 Å². The number of carbonyl (C=O) groups excluding carboxylic acids is 3. The summed E-state index contributed by atoms with van der Waals surface area (Å²) in [5.74, 6) is -3.63. The molecule has 1 N–H and O–H groups in total. The molecular formula is C21H33NO6. The van der Waals surface area contributed by atoms with E-state index < -0.39 is 36.2 Å². The lowest BCUT2D eigenvalue weighted by Gasteiger charge is -2.25. The lowest BCUT2D eigenvalue weighted by atomic mass is 10.1. The Morgan fingerprint density at radius 1 is 0.893 bits per heavy atom. The molecule has 0 saturated heterocycles. The van der Waals surface area contributed by atoms with E-state index in [1.54, 1.807) is 19.1 Å². The second kappa shape index (κ2) is 15.6. The molecule has 0 spiro atoms. The predicted molar refractivity (Wildman–Crippen MR) is 106 cm³/mol. The summed E-state index contributed by atoms with van der Waals surface area (Å²) in [5, 5.41) is 9.17. The van der Waals surface area contributed by atoms with E-state index in [0.29, 0.717) is 24.2 Å². The molecule has 158 valence electrons. The van der Waals surface area contributed by atoms with Gasteiger partial charge in [0.05, 0.1) is 13.0 Å². The molecule has 0 aliphatic rings. The molecule has 0 radical (unpaired) electrons. The van der Waals surface area contributed by atoms with Crippen molar-refractivity contribution in [3.63, 3.8) is 0 Å². The number of amides is 2. The van der Waals surface area contributed by atoms with Gasteiger partial charge in [0.2, 0.25) is 0 Å². The first-order chi connectivity index (χ1) is 13.4. The van der Waals surface area contributed by atoms with Crippen molar-refractivity contribution in [2.24, 2.45) is 0 Å². The lowest BCUT2D eigenvalue weighted by Crippen LogP contribution is -2.49. The maximum atomic E-state index is 12.6. The fourth-order valence-corrected chi connectivity index (χ4v) is 2.33. The van der Waals surface area contributed by atoms with Gasteiger partial charge in [0, 0.05) is 0 Å². The Balaban J connectivity index is 5.63. The number of carboxylic acids is 1. The highest BCUT2D eigenvalue weighted by atomic mass is 16.5. The summed E-state index contributed by atoms with van der Waals surface area (Å²) in [5.41, 5.74) is 0. The molecule has 1 atom stereocenters. The molecule has 0 heterocycles. The van der Waals surface area contributed by atoms with Crippen LogP contribution in [-0.4, -0.2) is 46.4 Å². The molecule has 28 heavy (non-hydrogen) atoms. The first kappa shape index (κ1) is 25.6. The number of imide groups is 1. The number of allylic oxidation sites excluding steroid dienone is 2. The number of unbranched alkanes of at least 4 members (excludes halogenated alkanes) is 4. The van der Waals surface area contributed by atoms with E-state index in [1.807, 2.05) is 13.8 Å². The molecule has 0 bridgehead atoms. The minimum atomic E-state index is -1.50. The third-order valence-corrected chi connectivity index (χ3v) is 3.84. The van der Waals surface area contributed by atoms with Gasteiger partial charge in [-0.05, 0) is 31.4 Å². The summed E-state index contributed by atoms with van der Waals surface area (Å²) in [7, 11) is 0. The van der Waals surface area contributed by atoms with Gasteiger partial charge in [-0.15, -0.1) is 0 Å². The van der Waals surface area contributed by atoms with Crippen molar-refractivity contribution in [1.82, 2.24) is 4.90 Å². The van der Waals surface area contributed by atoms with Crippen LogP contribution in [0.4, 0.5) is 0 Å².